The Morgan fingerprint density at radius 2 is 2.06 bits per heavy atom. The lowest BCUT2D eigenvalue weighted by Gasteiger charge is -2.40. The maximum absolute atomic E-state index is 12.3. The number of aliphatic carboxylic acids is 1. The lowest BCUT2D eigenvalue weighted by Crippen LogP contribution is -2.56. The Morgan fingerprint density at radius 1 is 1.44 bits per heavy atom. The minimum atomic E-state index is -0.996. The van der Waals surface area contributed by atoms with Crippen molar-refractivity contribution in [3.8, 4) is 0 Å². The van der Waals surface area contributed by atoms with Gasteiger partial charge in [-0.15, -0.1) is 0 Å². The van der Waals surface area contributed by atoms with E-state index < -0.39 is 5.97 Å². The summed E-state index contributed by atoms with van der Waals surface area (Å²) in [5.74, 6) is -0.996. The minimum Gasteiger partial charge on any atom is -0.480 e. The zero-order valence-corrected chi connectivity index (χ0v) is 11.5. The maximum atomic E-state index is 12.3. The highest BCUT2D eigenvalue weighted by Crippen LogP contribution is 2.18. The van der Waals surface area contributed by atoms with Crippen molar-refractivity contribution in [2.75, 3.05) is 26.2 Å². The van der Waals surface area contributed by atoms with Crippen LogP contribution in [-0.2, 0) is 9.53 Å². The zero-order valence-electron chi connectivity index (χ0n) is 11.5. The smallest absolute Gasteiger partial charge is 0.323 e. The summed E-state index contributed by atoms with van der Waals surface area (Å²) in [6.45, 7) is 8.66. The summed E-state index contributed by atoms with van der Waals surface area (Å²) in [7, 11) is 0. The molecular weight excluding hydrogens is 236 g/mol. The molecular formula is C12H22N2O4. The third-order valence-corrected chi connectivity index (χ3v) is 2.87. The molecule has 0 radical (unpaired) electrons. The quantitative estimate of drug-likeness (QED) is 0.820. The SMILES string of the molecule is CC(C)N(CC(=O)O)C(=O)N1CCOC(C)(C)C1. The van der Waals surface area contributed by atoms with Crippen LogP contribution in [0.4, 0.5) is 4.79 Å². The number of rotatable bonds is 3. The van der Waals surface area contributed by atoms with E-state index in [0.29, 0.717) is 19.7 Å². The van der Waals surface area contributed by atoms with Crippen molar-refractivity contribution in [2.24, 2.45) is 0 Å². The fraction of sp³-hybridized carbons (Fsp3) is 0.833. The first-order valence-electron chi connectivity index (χ1n) is 6.14. The van der Waals surface area contributed by atoms with Crippen molar-refractivity contribution in [3.63, 3.8) is 0 Å². The average Bonchev–Trinajstić information content (AvgIpc) is 2.23. The van der Waals surface area contributed by atoms with E-state index in [1.165, 1.54) is 4.90 Å². The number of urea groups is 1. The second kappa shape index (κ2) is 5.56. The van der Waals surface area contributed by atoms with Gasteiger partial charge in [0.1, 0.15) is 6.54 Å². The van der Waals surface area contributed by atoms with Crippen molar-refractivity contribution in [1.82, 2.24) is 9.80 Å². The van der Waals surface area contributed by atoms with E-state index in [1.807, 2.05) is 27.7 Å². The van der Waals surface area contributed by atoms with Crippen LogP contribution < -0.4 is 0 Å². The van der Waals surface area contributed by atoms with Crippen LogP contribution in [0.25, 0.3) is 0 Å². The topological polar surface area (TPSA) is 70.1 Å². The van der Waals surface area contributed by atoms with Gasteiger partial charge < -0.3 is 19.6 Å². The second-order valence-electron chi connectivity index (χ2n) is 5.43. The van der Waals surface area contributed by atoms with Crippen LogP contribution in [-0.4, -0.2) is 64.8 Å². The minimum absolute atomic E-state index is 0.139. The van der Waals surface area contributed by atoms with E-state index in [4.69, 9.17) is 9.84 Å². The van der Waals surface area contributed by atoms with Gasteiger partial charge in [-0.25, -0.2) is 4.79 Å². The number of carboxylic acid groups (broad SMARTS) is 1. The Bertz CT molecular complexity index is 328. The molecule has 0 aromatic carbocycles. The van der Waals surface area contributed by atoms with Crippen LogP contribution in [0, 0.1) is 0 Å². The summed E-state index contributed by atoms with van der Waals surface area (Å²) < 4.78 is 5.54. The van der Waals surface area contributed by atoms with Gasteiger partial charge in [0.25, 0.3) is 0 Å². The molecule has 0 unspecified atom stereocenters. The largest absolute Gasteiger partial charge is 0.480 e. The number of ether oxygens (including phenoxy) is 1. The molecule has 0 aliphatic carbocycles. The maximum Gasteiger partial charge on any atom is 0.323 e. The first kappa shape index (κ1) is 14.8. The van der Waals surface area contributed by atoms with E-state index in [-0.39, 0.29) is 24.2 Å². The van der Waals surface area contributed by atoms with Gasteiger partial charge in [0, 0.05) is 12.6 Å². The molecule has 0 aromatic heterocycles. The average molecular weight is 258 g/mol. The Balaban J connectivity index is 2.73. The fourth-order valence-electron chi connectivity index (χ4n) is 1.98. The van der Waals surface area contributed by atoms with E-state index in [9.17, 15) is 9.59 Å². The molecule has 0 saturated carbocycles. The number of nitrogens with zero attached hydrogens (tertiary/aromatic N) is 2. The highest BCUT2D eigenvalue weighted by atomic mass is 16.5. The van der Waals surface area contributed by atoms with Gasteiger partial charge in [-0.05, 0) is 27.7 Å². The molecule has 1 fully saturated rings. The highest BCUT2D eigenvalue weighted by molar-refractivity contribution is 5.80. The predicted octanol–water partition coefficient (Wildman–Crippen LogP) is 1.01. The number of amides is 2. The number of carboxylic acids is 1. The van der Waals surface area contributed by atoms with Crippen LogP contribution in [0.3, 0.4) is 0 Å². The van der Waals surface area contributed by atoms with Crippen LogP contribution in [0.2, 0.25) is 0 Å². The van der Waals surface area contributed by atoms with E-state index in [2.05, 4.69) is 0 Å². The van der Waals surface area contributed by atoms with Gasteiger partial charge in [-0.2, -0.15) is 0 Å². The Morgan fingerprint density at radius 3 is 2.50 bits per heavy atom. The summed E-state index contributed by atoms with van der Waals surface area (Å²) in [4.78, 5) is 26.1. The van der Waals surface area contributed by atoms with E-state index >= 15 is 0 Å². The zero-order chi connectivity index (χ0) is 13.9. The number of carbonyl (C=O) groups excluding carboxylic acids is 1. The third kappa shape index (κ3) is 3.87. The highest BCUT2D eigenvalue weighted by Gasteiger charge is 2.33. The lowest BCUT2D eigenvalue weighted by atomic mass is 10.1. The third-order valence-electron chi connectivity index (χ3n) is 2.87. The van der Waals surface area contributed by atoms with Gasteiger partial charge >= 0.3 is 12.0 Å². The van der Waals surface area contributed by atoms with E-state index in [0.717, 1.165) is 0 Å². The molecule has 0 atom stereocenters. The molecule has 1 heterocycles. The number of carbonyl (C=O) groups is 2. The molecule has 18 heavy (non-hydrogen) atoms. The van der Waals surface area contributed by atoms with Gasteiger partial charge in [-0.1, -0.05) is 0 Å². The van der Waals surface area contributed by atoms with Crippen LogP contribution in [0.5, 0.6) is 0 Å². The van der Waals surface area contributed by atoms with Crippen molar-refractivity contribution in [3.05, 3.63) is 0 Å². The molecule has 6 nitrogen and oxygen atoms in total. The molecule has 1 rings (SSSR count). The molecule has 0 aromatic rings. The molecule has 1 saturated heterocycles. The summed E-state index contributed by atoms with van der Waals surface area (Å²) >= 11 is 0. The number of morpholine rings is 1. The number of hydrogen-bond acceptors (Lipinski definition) is 3. The summed E-state index contributed by atoms with van der Waals surface area (Å²) in [5, 5.41) is 8.85. The summed E-state index contributed by atoms with van der Waals surface area (Å²) in [6, 6.07) is -0.372. The molecule has 0 bridgehead atoms. The number of hydrogen-bond donors (Lipinski definition) is 1. The van der Waals surface area contributed by atoms with Gasteiger partial charge in [0.05, 0.1) is 18.8 Å². The normalized spacial score (nSPS) is 18.8. The van der Waals surface area contributed by atoms with Crippen molar-refractivity contribution in [1.29, 1.82) is 0 Å². The van der Waals surface area contributed by atoms with Crippen LogP contribution >= 0.6 is 0 Å². The van der Waals surface area contributed by atoms with Gasteiger partial charge in [0.15, 0.2) is 0 Å². The molecule has 6 heteroatoms. The lowest BCUT2D eigenvalue weighted by molar-refractivity contribution is -0.138. The molecule has 0 spiro atoms. The standard InChI is InChI=1S/C12H22N2O4/c1-9(2)14(7-10(15)16)11(17)13-5-6-18-12(3,4)8-13/h9H,5-8H2,1-4H3,(H,15,16). The van der Waals surface area contributed by atoms with E-state index in [1.54, 1.807) is 4.90 Å². The molecule has 2 amide bonds. The van der Waals surface area contributed by atoms with Gasteiger partial charge in [-0.3, -0.25) is 4.79 Å². The Labute approximate surface area is 107 Å². The Hall–Kier alpha value is -1.30. The Kier molecular flexibility index (Phi) is 4.56. The first-order chi connectivity index (χ1) is 8.23. The first-order valence-corrected chi connectivity index (χ1v) is 6.14. The predicted molar refractivity (Wildman–Crippen MR) is 66.5 cm³/mol. The molecule has 1 aliphatic heterocycles. The van der Waals surface area contributed by atoms with Crippen molar-refractivity contribution in [2.45, 2.75) is 39.3 Å². The molecule has 1 aliphatic rings. The second-order valence-corrected chi connectivity index (χ2v) is 5.43. The molecule has 1 N–H and O–H groups in total. The fourth-order valence-corrected chi connectivity index (χ4v) is 1.98. The van der Waals surface area contributed by atoms with Crippen molar-refractivity contribution < 1.29 is 19.4 Å². The molecule has 104 valence electrons. The van der Waals surface area contributed by atoms with Gasteiger partial charge in [0.2, 0.25) is 0 Å². The summed E-state index contributed by atoms with van der Waals surface area (Å²) in [5.41, 5.74) is -0.375. The van der Waals surface area contributed by atoms with Crippen LogP contribution in [0.1, 0.15) is 27.7 Å². The summed E-state index contributed by atoms with van der Waals surface area (Å²) in [6.07, 6.45) is 0. The van der Waals surface area contributed by atoms with Crippen LogP contribution in [0.15, 0.2) is 0 Å². The monoisotopic (exact) mass is 258 g/mol. The van der Waals surface area contributed by atoms with Crippen molar-refractivity contribution >= 4 is 12.0 Å².